The van der Waals surface area contributed by atoms with Crippen molar-refractivity contribution in [3.63, 3.8) is 0 Å². The molecule has 31 heavy (non-hydrogen) atoms. The van der Waals surface area contributed by atoms with Crippen LogP contribution in [0.4, 0.5) is 19.0 Å². The predicted molar refractivity (Wildman–Crippen MR) is 108 cm³/mol. The first kappa shape index (κ1) is 20.1. The van der Waals surface area contributed by atoms with Crippen LogP contribution in [0.15, 0.2) is 36.7 Å². The Balaban J connectivity index is 1.52. The number of para-hydroxylation sites is 1. The first-order valence-corrected chi connectivity index (χ1v) is 10.1. The van der Waals surface area contributed by atoms with E-state index in [1.807, 2.05) is 24.3 Å². The Labute approximate surface area is 176 Å². The van der Waals surface area contributed by atoms with Gasteiger partial charge >= 0.3 is 6.18 Å². The number of aromatic amines is 1. The van der Waals surface area contributed by atoms with E-state index in [-0.39, 0.29) is 23.8 Å². The van der Waals surface area contributed by atoms with Crippen molar-refractivity contribution < 1.29 is 22.6 Å². The average molecular weight is 433 g/mol. The molecular formula is C21H22F3N5O2. The summed E-state index contributed by atoms with van der Waals surface area (Å²) in [6.45, 7) is 2.08. The SMILES string of the molecule is CO[C@H]1CCN([C@H]2COc3ccccc3[C@@H]2Nc2ncnc3[nH]c(C(F)(F)F)cc23)C1. The first-order valence-electron chi connectivity index (χ1n) is 10.1. The van der Waals surface area contributed by atoms with Crippen LogP contribution in [-0.4, -0.2) is 58.8 Å². The van der Waals surface area contributed by atoms with Crippen molar-refractivity contribution in [3.8, 4) is 5.75 Å². The number of nitrogens with one attached hydrogen (secondary N) is 2. The highest BCUT2D eigenvalue weighted by Crippen LogP contribution is 2.39. The van der Waals surface area contributed by atoms with E-state index in [2.05, 4.69) is 25.2 Å². The molecule has 2 aliphatic heterocycles. The number of likely N-dealkylation sites (tertiary alicyclic amines) is 1. The molecule has 7 nitrogen and oxygen atoms in total. The molecule has 3 aromatic rings. The molecule has 0 radical (unpaired) electrons. The van der Waals surface area contributed by atoms with Crippen LogP contribution in [0.3, 0.4) is 0 Å². The number of anilines is 1. The topological polar surface area (TPSA) is 75.3 Å². The Morgan fingerprint density at radius 2 is 2.10 bits per heavy atom. The molecule has 1 saturated heterocycles. The maximum atomic E-state index is 13.2. The number of halogens is 3. The minimum absolute atomic E-state index is 0.0268. The van der Waals surface area contributed by atoms with Gasteiger partial charge in [-0.05, 0) is 18.6 Å². The number of nitrogens with zero attached hydrogens (tertiary/aromatic N) is 3. The predicted octanol–water partition coefficient (Wildman–Crippen LogP) is 3.61. The summed E-state index contributed by atoms with van der Waals surface area (Å²) in [5.74, 6) is 1.11. The second-order valence-electron chi connectivity index (χ2n) is 7.84. The van der Waals surface area contributed by atoms with Crippen molar-refractivity contribution in [1.29, 1.82) is 0 Å². The molecule has 0 saturated carbocycles. The fourth-order valence-electron chi connectivity index (χ4n) is 4.44. The largest absolute Gasteiger partial charge is 0.491 e. The standard InChI is InChI=1S/C21H22F3N5O2/c1-30-12-6-7-29(9-12)15-10-31-16-5-3-2-4-13(16)18(15)28-20-14-8-17(21(22,23)24)27-19(14)25-11-26-20/h2-5,8,11-12,15,18H,6-7,9-10H2,1H3,(H2,25,26,27,28)/t12-,15-,18-/m0/s1. The van der Waals surface area contributed by atoms with E-state index in [0.29, 0.717) is 17.8 Å². The van der Waals surface area contributed by atoms with Gasteiger partial charge in [0.2, 0.25) is 0 Å². The van der Waals surface area contributed by atoms with Gasteiger partial charge in [-0.15, -0.1) is 0 Å². The quantitative estimate of drug-likeness (QED) is 0.655. The van der Waals surface area contributed by atoms with Crippen molar-refractivity contribution in [2.24, 2.45) is 0 Å². The Kier molecular flexibility index (Phi) is 4.98. The van der Waals surface area contributed by atoms with Crippen LogP contribution in [-0.2, 0) is 10.9 Å². The van der Waals surface area contributed by atoms with E-state index in [1.165, 1.54) is 6.33 Å². The van der Waals surface area contributed by atoms with Gasteiger partial charge in [0, 0.05) is 25.8 Å². The van der Waals surface area contributed by atoms with Gasteiger partial charge in [-0.3, -0.25) is 4.90 Å². The Morgan fingerprint density at radius 3 is 2.87 bits per heavy atom. The van der Waals surface area contributed by atoms with Gasteiger partial charge in [0.05, 0.1) is 23.6 Å². The number of rotatable bonds is 4. The summed E-state index contributed by atoms with van der Waals surface area (Å²) in [5, 5.41) is 3.70. The van der Waals surface area contributed by atoms with Gasteiger partial charge < -0.3 is 19.8 Å². The van der Waals surface area contributed by atoms with Crippen LogP contribution in [0.25, 0.3) is 11.0 Å². The molecule has 10 heteroatoms. The Bertz CT molecular complexity index is 1090. The van der Waals surface area contributed by atoms with E-state index in [1.54, 1.807) is 7.11 Å². The summed E-state index contributed by atoms with van der Waals surface area (Å²) in [4.78, 5) is 12.9. The van der Waals surface area contributed by atoms with Crippen LogP contribution in [0, 0.1) is 0 Å². The zero-order chi connectivity index (χ0) is 21.6. The lowest BCUT2D eigenvalue weighted by Crippen LogP contribution is -2.47. The molecule has 5 rings (SSSR count). The zero-order valence-electron chi connectivity index (χ0n) is 16.8. The number of ether oxygens (including phenoxy) is 2. The molecule has 0 spiro atoms. The van der Waals surface area contributed by atoms with Crippen LogP contribution in [0.2, 0.25) is 0 Å². The third-order valence-corrected chi connectivity index (χ3v) is 6.05. The van der Waals surface area contributed by atoms with E-state index in [0.717, 1.165) is 36.9 Å². The van der Waals surface area contributed by atoms with Crippen molar-refractivity contribution in [1.82, 2.24) is 19.9 Å². The first-order chi connectivity index (χ1) is 14.9. The monoisotopic (exact) mass is 433 g/mol. The number of methoxy groups -OCH3 is 1. The molecule has 1 fully saturated rings. The highest BCUT2D eigenvalue weighted by molar-refractivity contribution is 5.88. The Morgan fingerprint density at radius 1 is 1.26 bits per heavy atom. The van der Waals surface area contributed by atoms with Gasteiger partial charge in [-0.25, -0.2) is 9.97 Å². The maximum Gasteiger partial charge on any atom is 0.431 e. The van der Waals surface area contributed by atoms with Crippen molar-refractivity contribution >= 4 is 16.9 Å². The molecule has 0 unspecified atom stereocenters. The zero-order valence-corrected chi connectivity index (χ0v) is 16.8. The molecule has 2 aliphatic rings. The fraction of sp³-hybridized carbons (Fsp3) is 0.429. The number of benzene rings is 1. The van der Waals surface area contributed by atoms with Gasteiger partial charge in [-0.2, -0.15) is 13.2 Å². The number of hydrogen-bond acceptors (Lipinski definition) is 6. The molecule has 0 amide bonds. The maximum absolute atomic E-state index is 13.2. The molecule has 0 aliphatic carbocycles. The van der Waals surface area contributed by atoms with E-state index in [9.17, 15) is 13.2 Å². The second-order valence-corrected chi connectivity index (χ2v) is 7.84. The summed E-state index contributed by atoms with van der Waals surface area (Å²) in [6, 6.07) is 8.50. The van der Waals surface area contributed by atoms with Crippen LogP contribution < -0.4 is 10.1 Å². The summed E-state index contributed by atoms with van der Waals surface area (Å²) in [5.41, 5.74) is 0.234. The fourth-order valence-corrected chi connectivity index (χ4v) is 4.44. The van der Waals surface area contributed by atoms with Crippen LogP contribution in [0.1, 0.15) is 23.7 Å². The summed E-state index contributed by atoms with van der Waals surface area (Å²) in [6.07, 6.45) is -2.15. The molecule has 0 bridgehead atoms. The third kappa shape index (κ3) is 3.70. The highest BCUT2D eigenvalue weighted by atomic mass is 19.4. The highest BCUT2D eigenvalue weighted by Gasteiger charge is 2.39. The lowest BCUT2D eigenvalue weighted by molar-refractivity contribution is -0.140. The van der Waals surface area contributed by atoms with Gasteiger partial charge in [-0.1, -0.05) is 18.2 Å². The minimum Gasteiger partial charge on any atom is -0.491 e. The van der Waals surface area contributed by atoms with Gasteiger partial charge in [0.25, 0.3) is 0 Å². The average Bonchev–Trinajstić information content (AvgIpc) is 3.41. The molecule has 2 N–H and O–H groups in total. The lowest BCUT2D eigenvalue weighted by Gasteiger charge is -2.39. The molecule has 2 aromatic heterocycles. The van der Waals surface area contributed by atoms with Crippen LogP contribution >= 0.6 is 0 Å². The smallest absolute Gasteiger partial charge is 0.431 e. The third-order valence-electron chi connectivity index (χ3n) is 6.05. The number of H-pyrrole nitrogens is 1. The molecular weight excluding hydrogens is 411 g/mol. The normalized spacial score (nSPS) is 24.2. The molecule has 4 heterocycles. The number of aromatic nitrogens is 3. The van der Waals surface area contributed by atoms with Crippen molar-refractivity contribution in [2.45, 2.75) is 30.8 Å². The second kappa shape index (κ2) is 7.69. The summed E-state index contributed by atoms with van der Waals surface area (Å²) < 4.78 is 51.2. The Hall–Kier alpha value is -2.85. The number of fused-ring (bicyclic) bond motifs is 2. The minimum atomic E-state index is -4.49. The van der Waals surface area contributed by atoms with E-state index in [4.69, 9.17) is 9.47 Å². The van der Waals surface area contributed by atoms with Gasteiger partial charge in [0.15, 0.2) is 0 Å². The summed E-state index contributed by atoms with van der Waals surface area (Å²) in [7, 11) is 1.71. The number of hydrogen-bond donors (Lipinski definition) is 2. The van der Waals surface area contributed by atoms with Crippen molar-refractivity contribution in [2.75, 3.05) is 32.1 Å². The molecule has 164 valence electrons. The van der Waals surface area contributed by atoms with Crippen molar-refractivity contribution in [3.05, 3.63) is 47.9 Å². The number of alkyl halides is 3. The van der Waals surface area contributed by atoms with Crippen LogP contribution in [0.5, 0.6) is 5.75 Å². The van der Waals surface area contributed by atoms with E-state index < -0.39 is 11.9 Å². The lowest BCUT2D eigenvalue weighted by atomic mass is 9.95. The van der Waals surface area contributed by atoms with Gasteiger partial charge in [0.1, 0.15) is 35.8 Å². The van der Waals surface area contributed by atoms with E-state index >= 15 is 0 Å². The molecule has 3 atom stereocenters. The molecule has 1 aromatic carbocycles. The summed E-state index contributed by atoms with van der Waals surface area (Å²) >= 11 is 0.